The fourth-order valence-corrected chi connectivity index (χ4v) is 4.53. The molecule has 1 aromatic carbocycles. The summed E-state index contributed by atoms with van der Waals surface area (Å²) >= 11 is 7.52. The number of nitrogens with two attached hydrogens (primary N) is 1. The smallest absolute Gasteiger partial charge is 0.281 e. The molecule has 0 saturated heterocycles. The lowest BCUT2D eigenvalue weighted by molar-refractivity contribution is 0.699. The van der Waals surface area contributed by atoms with Crippen molar-refractivity contribution >= 4 is 38.8 Å². The van der Waals surface area contributed by atoms with Gasteiger partial charge in [-0.1, -0.05) is 11.6 Å². The van der Waals surface area contributed by atoms with Crippen LogP contribution in [0.4, 0.5) is 5.69 Å². The van der Waals surface area contributed by atoms with E-state index in [1.165, 1.54) is 16.0 Å². The third-order valence-electron chi connectivity index (χ3n) is 4.39. The molecule has 5 nitrogen and oxygen atoms in total. The van der Waals surface area contributed by atoms with Crippen LogP contribution in [-0.2, 0) is 19.4 Å². The molecule has 0 atom stereocenters. The van der Waals surface area contributed by atoms with Gasteiger partial charge in [-0.2, -0.15) is 0 Å². The topological polar surface area (TPSA) is 72.9 Å². The first kappa shape index (κ1) is 15.5. The van der Waals surface area contributed by atoms with Gasteiger partial charge in [0.05, 0.1) is 11.9 Å². The van der Waals surface area contributed by atoms with E-state index in [0.29, 0.717) is 22.8 Å². The summed E-state index contributed by atoms with van der Waals surface area (Å²) in [6, 6.07) is 7.38. The predicted octanol–water partition coefficient (Wildman–Crippen LogP) is 3.32. The number of aryl methyl sites for hydroxylation is 2. The first-order chi connectivity index (χ1) is 11.6. The molecule has 0 saturated carbocycles. The number of rotatable bonds is 3. The van der Waals surface area contributed by atoms with Crippen LogP contribution in [-0.4, -0.2) is 9.66 Å². The average molecular weight is 361 g/mol. The van der Waals surface area contributed by atoms with Gasteiger partial charge >= 0.3 is 0 Å². The molecule has 0 bridgehead atoms. The Balaban J connectivity index is 1.70. The molecule has 2 aromatic heterocycles. The zero-order valence-electron chi connectivity index (χ0n) is 13.0. The van der Waals surface area contributed by atoms with E-state index in [2.05, 4.69) is 10.3 Å². The van der Waals surface area contributed by atoms with E-state index in [9.17, 15) is 4.79 Å². The van der Waals surface area contributed by atoms with Crippen molar-refractivity contribution in [1.82, 2.24) is 9.66 Å². The molecule has 0 unspecified atom stereocenters. The van der Waals surface area contributed by atoms with Gasteiger partial charge in [0.25, 0.3) is 5.56 Å². The van der Waals surface area contributed by atoms with E-state index in [1.54, 1.807) is 11.3 Å². The normalized spacial score (nSPS) is 13.9. The molecule has 3 N–H and O–H groups in total. The number of halogens is 1. The Kier molecular flexibility index (Phi) is 3.94. The van der Waals surface area contributed by atoms with Gasteiger partial charge in [-0.05, 0) is 55.5 Å². The third-order valence-corrected chi connectivity index (χ3v) is 5.83. The summed E-state index contributed by atoms with van der Waals surface area (Å²) in [6.45, 7) is 0.381. The van der Waals surface area contributed by atoms with Gasteiger partial charge in [0.1, 0.15) is 4.83 Å². The highest BCUT2D eigenvalue weighted by Crippen LogP contribution is 2.33. The number of benzene rings is 1. The van der Waals surface area contributed by atoms with E-state index < -0.39 is 0 Å². The molecule has 2 heterocycles. The molecule has 0 amide bonds. The predicted molar refractivity (Wildman–Crippen MR) is 99.5 cm³/mol. The van der Waals surface area contributed by atoms with Crippen LogP contribution in [0, 0.1) is 0 Å². The van der Waals surface area contributed by atoms with Crippen LogP contribution in [0.2, 0.25) is 5.02 Å². The highest BCUT2D eigenvalue weighted by Gasteiger charge is 2.21. The summed E-state index contributed by atoms with van der Waals surface area (Å²) in [5, 5.41) is 4.62. The van der Waals surface area contributed by atoms with E-state index in [-0.39, 0.29) is 5.56 Å². The van der Waals surface area contributed by atoms with E-state index in [4.69, 9.17) is 17.4 Å². The molecule has 0 aliphatic heterocycles. The van der Waals surface area contributed by atoms with Crippen molar-refractivity contribution in [3.05, 3.63) is 55.9 Å². The van der Waals surface area contributed by atoms with E-state index in [0.717, 1.165) is 35.3 Å². The zero-order chi connectivity index (χ0) is 16.7. The molecule has 7 heteroatoms. The summed E-state index contributed by atoms with van der Waals surface area (Å²) in [5.41, 5.74) is 1.92. The number of hydrogen-bond acceptors (Lipinski definition) is 5. The van der Waals surface area contributed by atoms with Crippen LogP contribution in [0.15, 0.2) is 29.1 Å². The Morgan fingerprint density at radius 3 is 2.79 bits per heavy atom. The van der Waals surface area contributed by atoms with Crippen molar-refractivity contribution in [2.45, 2.75) is 32.2 Å². The molecule has 1 aliphatic rings. The molecular weight excluding hydrogens is 344 g/mol. The highest BCUT2D eigenvalue weighted by atomic mass is 35.5. The maximum absolute atomic E-state index is 12.7. The molecule has 0 spiro atoms. The number of nitrogen functional groups attached to an aromatic ring is 1. The largest absolute Gasteiger partial charge is 0.378 e. The number of hydrogen-bond donors (Lipinski definition) is 2. The van der Waals surface area contributed by atoms with Crippen molar-refractivity contribution in [1.29, 1.82) is 0 Å². The van der Waals surface area contributed by atoms with Crippen LogP contribution < -0.4 is 16.7 Å². The minimum absolute atomic E-state index is 0.146. The molecule has 3 aromatic rings. The lowest BCUT2D eigenvalue weighted by atomic mass is 9.97. The molecular formula is C17H17ClN4OS. The molecule has 4 rings (SSSR count). The third kappa shape index (κ3) is 2.65. The number of fused-ring (bicyclic) bond motifs is 3. The van der Waals surface area contributed by atoms with Gasteiger partial charge in [-0.3, -0.25) is 4.79 Å². The monoisotopic (exact) mass is 360 g/mol. The Hall–Kier alpha value is -2.05. The van der Waals surface area contributed by atoms with Crippen molar-refractivity contribution in [2.24, 2.45) is 0 Å². The first-order valence-electron chi connectivity index (χ1n) is 7.94. The van der Waals surface area contributed by atoms with Gasteiger partial charge < -0.3 is 11.2 Å². The van der Waals surface area contributed by atoms with Crippen molar-refractivity contribution in [2.75, 3.05) is 11.2 Å². The van der Waals surface area contributed by atoms with Crippen LogP contribution in [0.25, 0.3) is 10.2 Å². The van der Waals surface area contributed by atoms with Gasteiger partial charge in [0.15, 0.2) is 5.82 Å². The number of nitrogens with zero attached hydrogens (tertiary/aromatic N) is 2. The SMILES string of the molecule is Nn1c(CNc2ccc(Cl)cc2)nc2sc3c(c2c1=O)CCCC3. The quantitative estimate of drug-likeness (QED) is 0.703. The Bertz CT molecular complexity index is 961. The van der Waals surface area contributed by atoms with Crippen LogP contribution in [0.5, 0.6) is 0 Å². The fourth-order valence-electron chi connectivity index (χ4n) is 3.13. The molecule has 0 fully saturated rings. The maximum Gasteiger partial charge on any atom is 0.281 e. The first-order valence-corrected chi connectivity index (χ1v) is 9.13. The van der Waals surface area contributed by atoms with Crippen LogP contribution in [0.3, 0.4) is 0 Å². The van der Waals surface area contributed by atoms with Gasteiger partial charge in [0, 0.05) is 15.6 Å². The Labute approximate surface area is 148 Å². The van der Waals surface area contributed by atoms with Crippen molar-refractivity contribution in [3.63, 3.8) is 0 Å². The van der Waals surface area contributed by atoms with Crippen molar-refractivity contribution in [3.8, 4) is 0 Å². The van der Waals surface area contributed by atoms with Gasteiger partial charge in [0.2, 0.25) is 0 Å². The second kappa shape index (κ2) is 6.11. The van der Waals surface area contributed by atoms with Gasteiger partial charge in [-0.15, -0.1) is 11.3 Å². The maximum atomic E-state index is 12.7. The highest BCUT2D eigenvalue weighted by molar-refractivity contribution is 7.18. The minimum Gasteiger partial charge on any atom is -0.378 e. The number of aromatic nitrogens is 2. The van der Waals surface area contributed by atoms with Crippen LogP contribution >= 0.6 is 22.9 Å². The van der Waals surface area contributed by atoms with E-state index in [1.807, 2.05) is 24.3 Å². The Morgan fingerprint density at radius 1 is 1.25 bits per heavy atom. The number of thiophene rings is 1. The van der Waals surface area contributed by atoms with E-state index >= 15 is 0 Å². The standard InChI is InChI=1S/C17H17ClN4OS/c18-10-5-7-11(8-6-10)20-9-14-21-16-15(17(23)22(14)19)12-3-1-2-4-13(12)24-16/h5-8,20H,1-4,9,19H2. The number of anilines is 1. The molecule has 1 aliphatic carbocycles. The second-order valence-corrected chi connectivity index (χ2v) is 7.47. The second-order valence-electron chi connectivity index (χ2n) is 5.95. The van der Waals surface area contributed by atoms with Crippen LogP contribution in [0.1, 0.15) is 29.1 Å². The fraction of sp³-hybridized carbons (Fsp3) is 0.294. The minimum atomic E-state index is -0.146. The number of nitrogens with one attached hydrogen (secondary N) is 1. The molecule has 0 radical (unpaired) electrons. The molecule has 124 valence electrons. The summed E-state index contributed by atoms with van der Waals surface area (Å²) in [7, 11) is 0. The van der Waals surface area contributed by atoms with Gasteiger partial charge in [-0.25, -0.2) is 9.66 Å². The lowest BCUT2D eigenvalue weighted by Crippen LogP contribution is -2.32. The van der Waals surface area contributed by atoms with Crippen molar-refractivity contribution < 1.29 is 0 Å². The zero-order valence-corrected chi connectivity index (χ0v) is 14.6. The summed E-state index contributed by atoms with van der Waals surface area (Å²) in [5.74, 6) is 6.54. The summed E-state index contributed by atoms with van der Waals surface area (Å²) in [6.07, 6.45) is 4.30. The summed E-state index contributed by atoms with van der Waals surface area (Å²) in [4.78, 5) is 19.4. The lowest BCUT2D eigenvalue weighted by Gasteiger charge is -2.11. The average Bonchev–Trinajstić information content (AvgIpc) is 2.96. The Morgan fingerprint density at radius 2 is 2.00 bits per heavy atom. The molecule has 24 heavy (non-hydrogen) atoms. The summed E-state index contributed by atoms with van der Waals surface area (Å²) < 4.78 is 1.17.